The second-order valence-electron chi connectivity index (χ2n) is 6.28. The van der Waals surface area contributed by atoms with Crippen molar-refractivity contribution in [3.05, 3.63) is 47.4 Å². The standard InChI is InChI=1S/C18H27N3O3/c1-18(2,12-22-3)14-8-17(21-20-11-14)19-10-13-6-7-15(23-4)9-16(13)24-5/h6-9,11,19-21H,10,12H2,1-5H3. The van der Waals surface area contributed by atoms with E-state index in [4.69, 9.17) is 14.2 Å². The summed E-state index contributed by atoms with van der Waals surface area (Å²) < 4.78 is 16.0. The number of rotatable bonds is 8. The smallest absolute Gasteiger partial charge is 0.127 e. The van der Waals surface area contributed by atoms with E-state index in [1.165, 1.54) is 0 Å². The zero-order chi connectivity index (χ0) is 17.6. The second kappa shape index (κ2) is 7.97. The summed E-state index contributed by atoms with van der Waals surface area (Å²) in [5.41, 5.74) is 8.33. The van der Waals surface area contributed by atoms with E-state index in [2.05, 4.69) is 36.1 Å². The maximum atomic E-state index is 5.43. The molecule has 1 heterocycles. The number of nitrogens with one attached hydrogen (secondary N) is 3. The number of hydrogen-bond acceptors (Lipinski definition) is 6. The van der Waals surface area contributed by atoms with Crippen LogP contribution >= 0.6 is 0 Å². The minimum Gasteiger partial charge on any atom is -0.497 e. The van der Waals surface area contributed by atoms with Crippen LogP contribution in [-0.4, -0.2) is 27.9 Å². The van der Waals surface area contributed by atoms with E-state index < -0.39 is 0 Å². The van der Waals surface area contributed by atoms with Crippen molar-refractivity contribution in [3.8, 4) is 11.5 Å². The Morgan fingerprint density at radius 1 is 1.12 bits per heavy atom. The van der Waals surface area contributed by atoms with Gasteiger partial charge in [0.25, 0.3) is 0 Å². The molecule has 132 valence electrons. The zero-order valence-electron chi connectivity index (χ0n) is 15.0. The van der Waals surface area contributed by atoms with Crippen LogP contribution in [0.4, 0.5) is 0 Å². The highest BCUT2D eigenvalue weighted by atomic mass is 16.5. The maximum absolute atomic E-state index is 5.43. The maximum Gasteiger partial charge on any atom is 0.127 e. The Labute approximate surface area is 143 Å². The van der Waals surface area contributed by atoms with Gasteiger partial charge in [-0.05, 0) is 23.8 Å². The molecule has 1 aliphatic rings. The van der Waals surface area contributed by atoms with Crippen molar-refractivity contribution in [2.24, 2.45) is 5.41 Å². The fourth-order valence-corrected chi connectivity index (χ4v) is 2.54. The SMILES string of the molecule is COCC(C)(C)C1=CNNC(NCc2ccc(OC)cc2OC)=C1. The highest BCUT2D eigenvalue weighted by Gasteiger charge is 2.24. The molecule has 2 rings (SSSR count). The molecule has 0 aromatic heterocycles. The highest BCUT2D eigenvalue weighted by Crippen LogP contribution is 2.29. The van der Waals surface area contributed by atoms with Crippen LogP contribution in [0.2, 0.25) is 0 Å². The fourth-order valence-electron chi connectivity index (χ4n) is 2.54. The van der Waals surface area contributed by atoms with E-state index in [0.29, 0.717) is 13.2 Å². The minimum atomic E-state index is -0.0748. The van der Waals surface area contributed by atoms with E-state index in [0.717, 1.165) is 28.5 Å². The molecular weight excluding hydrogens is 306 g/mol. The molecule has 1 aromatic rings. The van der Waals surface area contributed by atoms with Gasteiger partial charge in [-0.1, -0.05) is 13.8 Å². The first-order chi connectivity index (χ1) is 11.5. The number of benzene rings is 1. The van der Waals surface area contributed by atoms with Gasteiger partial charge in [0.05, 0.1) is 20.8 Å². The summed E-state index contributed by atoms with van der Waals surface area (Å²) >= 11 is 0. The summed E-state index contributed by atoms with van der Waals surface area (Å²) in [4.78, 5) is 0. The van der Waals surface area contributed by atoms with E-state index in [9.17, 15) is 0 Å². The largest absolute Gasteiger partial charge is 0.497 e. The predicted octanol–water partition coefficient (Wildman–Crippen LogP) is 2.30. The van der Waals surface area contributed by atoms with E-state index in [-0.39, 0.29) is 5.41 Å². The van der Waals surface area contributed by atoms with E-state index in [1.807, 2.05) is 24.4 Å². The summed E-state index contributed by atoms with van der Waals surface area (Å²) in [6, 6.07) is 5.80. The predicted molar refractivity (Wildman–Crippen MR) is 94.5 cm³/mol. The molecule has 6 nitrogen and oxygen atoms in total. The molecule has 6 heteroatoms. The summed E-state index contributed by atoms with van der Waals surface area (Å²) in [5.74, 6) is 2.47. The first-order valence-electron chi connectivity index (χ1n) is 7.88. The molecule has 1 aromatic carbocycles. The lowest BCUT2D eigenvalue weighted by Gasteiger charge is -2.29. The van der Waals surface area contributed by atoms with Crippen LogP contribution in [0, 0.1) is 5.41 Å². The average Bonchev–Trinajstić information content (AvgIpc) is 2.60. The third-order valence-corrected chi connectivity index (χ3v) is 3.98. The van der Waals surface area contributed by atoms with Crippen LogP contribution in [-0.2, 0) is 11.3 Å². The molecule has 24 heavy (non-hydrogen) atoms. The quantitative estimate of drug-likeness (QED) is 0.678. The van der Waals surface area contributed by atoms with Crippen molar-refractivity contribution in [1.82, 2.24) is 16.2 Å². The fraction of sp³-hybridized carbons (Fsp3) is 0.444. The van der Waals surface area contributed by atoms with Gasteiger partial charge in [-0.25, -0.2) is 0 Å². The highest BCUT2D eigenvalue weighted by molar-refractivity contribution is 5.41. The summed E-state index contributed by atoms with van der Waals surface area (Å²) in [6.45, 7) is 5.58. The number of hydrazine groups is 1. The number of allylic oxidation sites excluding steroid dienone is 1. The number of ether oxygens (including phenoxy) is 3. The Bertz CT molecular complexity index is 624. The zero-order valence-corrected chi connectivity index (χ0v) is 15.0. The minimum absolute atomic E-state index is 0.0748. The van der Waals surface area contributed by atoms with Gasteiger partial charge in [-0.2, -0.15) is 0 Å². The molecule has 0 saturated carbocycles. The van der Waals surface area contributed by atoms with Crippen LogP contribution < -0.4 is 25.6 Å². The van der Waals surface area contributed by atoms with Crippen molar-refractivity contribution in [1.29, 1.82) is 0 Å². The van der Waals surface area contributed by atoms with Crippen LogP contribution in [0.15, 0.2) is 41.9 Å². The Kier molecular flexibility index (Phi) is 5.98. The van der Waals surface area contributed by atoms with Gasteiger partial charge in [-0.15, -0.1) is 0 Å². The van der Waals surface area contributed by atoms with Gasteiger partial charge in [0.15, 0.2) is 0 Å². The van der Waals surface area contributed by atoms with Gasteiger partial charge >= 0.3 is 0 Å². The second-order valence-corrected chi connectivity index (χ2v) is 6.28. The lowest BCUT2D eigenvalue weighted by molar-refractivity contribution is 0.127. The first kappa shape index (κ1) is 18.0. The molecule has 0 fully saturated rings. The van der Waals surface area contributed by atoms with Gasteiger partial charge in [0.2, 0.25) is 0 Å². The molecule has 0 saturated heterocycles. The lowest BCUT2D eigenvalue weighted by atomic mass is 9.85. The van der Waals surface area contributed by atoms with Gasteiger partial charge in [0, 0.05) is 36.9 Å². The third kappa shape index (κ3) is 4.35. The van der Waals surface area contributed by atoms with Gasteiger partial charge in [0.1, 0.15) is 17.3 Å². The van der Waals surface area contributed by atoms with Crippen molar-refractivity contribution < 1.29 is 14.2 Å². The molecule has 0 amide bonds. The molecule has 0 radical (unpaired) electrons. The molecule has 0 atom stereocenters. The molecule has 0 bridgehead atoms. The normalized spacial score (nSPS) is 14.0. The number of hydrogen-bond donors (Lipinski definition) is 3. The number of methoxy groups -OCH3 is 3. The lowest BCUT2D eigenvalue weighted by Crippen LogP contribution is -2.38. The Balaban J connectivity index is 2.07. The average molecular weight is 333 g/mol. The molecule has 0 aliphatic carbocycles. The summed E-state index contributed by atoms with van der Waals surface area (Å²) in [6.07, 6.45) is 4.05. The van der Waals surface area contributed by atoms with Crippen LogP contribution in [0.5, 0.6) is 11.5 Å². The van der Waals surface area contributed by atoms with Crippen LogP contribution in [0.25, 0.3) is 0 Å². The van der Waals surface area contributed by atoms with Crippen LogP contribution in [0.1, 0.15) is 19.4 Å². The Hall–Kier alpha value is -2.34. The summed E-state index contributed by atoms with van der Waals surface area (Å²) in [7, 11) is 5.02. The van der Waals surface area contributed by atoms with E-state index >= 15 is 0 Å². The molecule has 3 N–H and O–H groups in total. The molecular formula is C18H27N3O3. The monoisotopic (exact) mass is 333 g/mol. The third-order valence-electron chi connectivity index (χ3n) is 3.98. The van der Waals surface area contributed by atoms with Gasteiger partial charge in [-0.3, -0.25) is 5.43 Å². The Morgan fingerprint density at radius 3 is 2.58 bits per heavy atom. The van der Waals surface area contributed by atoms with Crippen LogP contribution in [0.3, 0.4) is 0 Å². The molecule has 0 spiro atoms. The summed E-state index contributed by atoms with van der Waals surface area (Å²) in [5, 5.41) is 3.38. The Morgan fingerprint density at radius 2 is 1.92 bits per heavy atom. The van der Waals surface area contributed by atoms with Crippen molar-refractivity contribution >= 4 is 0 Å². The molecule has 1 aliphatic heterocycles. The van der Waals surface area contributed by atoms with Crippen molar-refractivity contribution in [2.75, 3.05) is 27.9 Å². The molecule has 0 unspecified atom stereocenters. The van der Waals surface area contributed by atoms with Crippen molar-refractivity contribution in [3.63, 3.8) is 0 Å². The van der Waals surface area contributed by atoms with Crippen molar-refractivity contribution in [2.45, 2.75) is 20.4 Å². The first-order valence-corrected chi connectivity index (χ1v) is 7.88. The van der Waals surface area contributed by atoms with E-state index in [1.54, 1.807) is 21.3 Å². The topological polar surface area (TPSA) is 63.8 Å². The van der Waals surface area contributed by atoms with Gasteiger partial charge < -0.3 is 25.0 Å².